The first kappa shape index (κ1) is 9.71. The Morgan fingerprint density at radius 2 is 2.00 bits per heavy atom. The fourth-order valence-corrected chi connectivity index (χ4v) is 1.58. The number of hydrogen-bond acceptors (Lipinski definition) is 2. The molecule has 3 nitrogen and oxygen atoms in total. The third-order valence-corrected chi connectivity index (χ3v) is 2.24. The number of amides is 1. The normalized spacial score (nSPS) is 21.2. The first-order chi connectivity index (χ1) is 6.20. The minimum absolute atomic E-state index is 0.0762. The average molecular weight is 179 g/mol. The zero-order chi connectivity index (χ0) is 9.84. The Hall–Kier alpha value is -1.38. The molecule has 0 spiro atoms. The van der Waals surface area contributed by atoms with E-state index in [1.807, 2.05) is 0 Å². The molecule has 0 radical (unpaired) electrons. The molecule has 0 aromatic rings. The van der Waals surface area contributed by atoms with Gasteiger partial charge in [0.25, 0.3) is 0 Å². The van der Waals surface area contributed by atoms with Gasteiger partial charge in [-0.15, -0.1) is 0 Å². The van der Waals surface area contributed by atoms with Crippen molar-refractivity contribution >= 4 is 11.7 Å². The molecule has 1 rings (SSSR count). The molecule has 1 saturated heterocycles. The van der Waals surface area contributed by atoms with Crippen molar-refractivity contribution in [3.8, 4) is 0 Å². The van der Waals surface area contributed by atoms with Gasteiger partial charge in [0, 0.05) is 6.54 Å². The Labute approximate surface area is 77.7 Å². The fourth-order valence-electron chi connectivity index (χ4n) is 1.58. The molecule has 1 heterocycles. The van der Waals surface area contributed by atoms with E-state index >= 15 is 0 Å². The van der Waals surface area contributed by atoms with Crippen molar-refractivity contribution < 1.29 is 9.59 Å². The van der Waals surface area contributed by atoms with E-state index in [-0.39, 0.29) is 17.7 Å². The van der Waals surface area contributed by atoms with Crippen LogP contribution in [0.4, 0.5) is 0 Å². The van der Waals surface area contributed by atoms with Crippen LogP contribution in [0.5, 0.6) is 0 Å². The van der Waals surface area contributed by atoms with Crippen molar-refractivity contribution in [2.45, 2.75) is 18.9 Å². The Morgan fingerprint density at radius 3 is 2.54 bits per heavy atom. The van der Waals surface area contributed by atoms with Gasteiger partial charge in [0.2, 0.25) is 5.91 Å². The molecule has 13 heavy (non-hydrogen) atoms. The molecule has 1 fully saturated rings. The van der Waals surface area contributed by atoms with Gasteiger partial charge in [0.1, 0.15) is 0 Å². The molecule has 0 aromatic carbocycles. The summed E-state index contributed by atoms with van der Waals surface area (Å²) in [6.45, 7) is 7.46. The van der Waals surface area contributed by atoms with Crippen molar-refractivity contribution in [3.63, 3.8) is 0 Å². The highest BCUT2D eigenvalue weighted by molar-refractivity contribution is 5.98. The van der Waals surface area contributed by atoms with Crippen LogP contribution in [0.3, 0.4) is 0 Å². The minimum Gasteiger partial charge on any atom is -0.329 e. The van der Waals surface area contributed by atoms with Crippen LogP contribution < -0.4 is 0 Å². The monoisotopic (exact) mass is 179 g/mol. The summed E-state index contributed by atoms with van der Waals surface area (Å²) in [6, 6.07) is -0.303. The highest BCUT2D eigenvalue weighted by Crippen LogP contribution is 2.18. The molecule has 1 unspecified atom stereocenters. The van der Waals surface area contributed by atoms with Crippen molar-refractivity contribution in [2.24, 2.45) is 0 Å². The number of carbonyl (C=O) groups excluding carboxylic acids is 2. The molecule has 1 atom stereocenters. The fraction of sp³-hybridized carbons (Fsp3) is 0.400. The summed E-state index contributed by atoms with van der Waals surface area (Å²) in [6.07, 6.45) is 4.14. The van der Waals surface area contributed by atoms with E-state index in [0.717, 1.165) is 12.8 Å². The first-order valence-corrected chi connectivity index (χ1v) is 4.30. The third-order valence-electron chi connectivity index (χ3n) is 2.24. The van der Waals surface area contributed by atoms with E-state index in [1.54, 1.807) is 4.90 Å². The van der Waals surface area contributed by atoms with E-state index in [2.05, 4.69) is 13.2 Å². The van der Waals surface area contributed by atoms with Crippen LogP contribution in [-0.2, 0) is 9.59 Å². The molecule has 0 aliphatic carbocycles. The second-order valence-electron chi connectivity index (χ2n) is 3.00. The van der Waals surface area contributed by atoms with Gasteiger partial charge in [0.05, 0.1) is 6.04 Å². The largest absolute Gasteiger partial charge is 0.329 e. The van der Waals surface area contributed by atoms with Gasteiger partial charge in [-0.2, -0.15) is 0 Å². The highest BCUT2D eigenvalue weighted by atomic mass is 16.2. The number of rotatable bonds is 3. The lowest BCUT2D eigenvalue weighted by molar-refractivity contribution is -0.132. The van der Waals surface area contributed by atoms with Crippen LogP contribution in [0.25, 0.3) is 0 Å². The molecule has 1 aliphatic rings. The van der Waals surface area contributed by atoms with Crippen LogP contribution in [-0.4, -0.2) is 29.2 Å². The van der Waals surface area contributed by atoms with Crippen LogP contribution in [0, 0.1) is 0 Å². The first-order valence-electron chi connectivity index (χ1n) is 4.30. The van der Waals surface area contributed by atoms with Gasteiger partial charge >= 0.3 is 0 Å². The maximum atomic E-state index is 11.3. The van der Waals surface area contributed by atoms with E-state index in [4.69, 9.17) is 0 Å². The number of nitrogens with zero attached hydrogens (tertiary/aromatic N) is 1. The zero-order valence-corrected chi connectivity index (χ0v) is 7.53. The van der Waals surface area contributed by atoms with E-state index < -0.39 is 0 Å². The average Bonchev–Trinajstić information content (AvgIpc) is 2.63. The second-order valence-corrected chi connectivity index (χ2v) is 3.00. The Morgan fingerprint density at radius 1 is 1.31 bits per heavy atom. The van der Waals surface area contributed by atoms with Gasteiger partial charge in [-0.25, -0.2) is 0 Å². The summed E-state index contributed by atoms with van der Waals surface area (Å²) in [4.78, 5) is 24.1. The van der Waals surface area contributed by atoms with Crippen LogP contribution in [0.1, 0.15) is 12.8 Å². The van der Waals surface area contributed by atoms with Crippen LogP contribution in [0.2, 0.25) is 0 Å². The number of hydrogen-bond donors (Lipinski definition) is 0. The lowest BCUT2D eigenvalue weighted by atomic mass is 10.1. The summed E-state index contributed by atoms with van der Waals surface area (Å²) < 4.78 is 0. The Bertz CT molecular complexity index is 232. The van der Waals surface area contributed by atoms with Gasteiger partial charge in [0.15, 0.2) is 5.78 Å². The maximum absolute atomic E-state index is 11.3. The summed E-state index contributed by atoms with van der Waals surface area (Å²) in [5.41, 5.74) is 0. The minimum atomic E-state index is -0.303. The lowest BCUT2D eigenvalue weighted by Crippen LogP contribution is -2.38. The second kappa shape index (κ2) is 4.03. The summed E-state index contributed by atoms with van der Waals surface area (Å²) in [7, 11) is 0. The van der Waals surface area contributed by atoms with E-state index in [9.17, 15) is 9.59 Å². The molecule has 70 valence electrons. The smallest absolute Gasteiger partial charge is 0.246 e. The number of carbonyl (C=O) groups is 2. The Kier molecular flexibility index (Phi) is 3.01. The standard InChI is InChI=1S/C10H13NO2/c1-3-9(12)8-6-5-7-11(8)10(13)4-2/h3-4,8H,1-2,5-7H2. The maximum Gasteiger partial charge on any atom is 0.246 e. The Balaban J connectivity index is 2.74. The summed E-state index contributed by atoms with van der Waals surface area (Å²) in [5.74, 6) is -0.245. The zero-order valence-electron chi connectivity index (χ0n) is 7.53. The van der Waals surface area contributed by atoms with Crippen molar-refractivity contribution in [1.82, 2.24) is 4.90 Å². The number of likely N-dealkylation sites (tertiary alicyclic amines) is 1. The molecule has 0 aromatic heterocycles. The highest BCUT2D eigenvalue weighted by Gasteiger charge is 2.30. The van der Waals surface area contributed by atoms with Crippen molar-refractivity contribution in [1.29, 1.82) is 0 Å². The quantitative estimate of drug-likeness (QED) is 0.604. The number of ketones is 1. The van der Waals surface area contributed by atoms with E-state index in [1.165, 1.54) is 12.2 Å². The van der Waals surface area contributed by atoms with Gasteiger partial charge in [-0.1, -0.05) is 13.2 Å². The molecular formula is C10H13NO2. The molecule has 0 saturated carbocycles. The third kappa shape index (κ3) is 1.86. The summed E-state index contributed by atoms with van der Waals surface area (Å²) >= 11 is 0. The van der Waals surface area contributed by atoms with Crippen LogP contribution >= 0.6 is 0 Å². The molecule has 3 heteroatoms. The van der Waals surface area contributed by atoms with Crippen LogP contribution in [0.15, 0.2) is 25.3 Å². The van der Waals surface area contributed by atoms with Gasteiger partial charge in [-0.3, -0.25) is 9.59 Å². The predicted molar refractivity (Wildman–Crippen MR) is 50.1 cm³/mol. The molecule has 1 aliphatic heterocycles. The summed E-state index contributed by atoms with van der Waals surface area (Å²) in [5, 5.41) is 0. The van der Waals surface area contributed by atoms with Crippen molar-refractivity contribution in [3.05, 3.63) is 25.3 Å². The lowest BCUT2D eigenvalue weighted by Gasteiger charge is -2.20. The predicted octanol–water partition coefficient (Wildman–Crippen LogP) is 0.919. The molecule has 1 amide bonds. The van der Waals surface area contributed by atoms with Crippen molar-refractivity contribution in [2.75, 3.05) is 6.54 Å². The molecule has 0 N–H and O–H groups in total. The topological polar surface area (TPSA) is 37.4 Å². The SMILES string of the molecule is C=CC(=O)C1CCCN1C(=O)C=C. The van der Waals surface area contributed by atoms with Gasteiger partial charge < -0.3 is 4.90 Å². The molecule has 0 bridgehead atoms. The molecular weight excluding hydrogens is 166 g/mol. The van der Waals surface area contributed by atoms with Gasteiger partial charge in [-0.05, 0) is 25.0 Å². The van der Waals surface area contributed by atoms with E-state index in [0.29, 0.717) is 6.54 Å².